The van der Waals surface area contributed by atoms with E-state index in [1.165, 1.54) is 11.1 Å². The van der Waals surface area contributed by atoms with Gasteiger partial charge in [-0.15, -0.1) is 0 Å². The Hall–Kier alpha value is -1.31. The lowest BCUT2D eigenvalue weighted by atomic mass is 9.97. The molecule has 1 aromatic rings. The second kappa shape index (κ2) is 3.21. The van der Waals surface area contributed by atoms with Gasteiger partial charge in [-0.3, -0.25) is 0 Å². The van der Waals surface area contributed by atoms with Gasteiger partial charge in [-0.25, -0.2) is 4.98 Å². The zero-order valence-electron chi connectivity index (χ0n) is 8.00. The van der Waals surface area contributed by atoms with E-state index in [0.717, 1.165) is 24.4 Å². The molecule has 0 radical (unpaired) electrons. The summed E-state index contributed by atoms with van der Waals surface area (Å²) >= 11 is 0. The van der Waals surface area contributed by atoms with Crippen LogP contribution in [-0.4, -0.2) is 12.1 Å². The third-order valence-electron chi connectivity index (χ3n) is 2.39. The molecule has 0 unspecified atom stereocenters. The molecule has 0 aliphatic heterocycles. The van der Waals surface area contributed by atoms with Crippen molar-refractivity contribution in [1.82, 2.24) is 4.98 Å². The van der Waals surface area contributed by atoms with Crippen molar-refractivity contribution in [2.75, 3.05) is 7.11 Å². The number of nitrogens with zero attached hydrogens (tertiary/aromatic N) is 1. The molecule has 0 spiro atoms. The highest BCUT2D eigenvalue weighted by Gasteiger charge is 2.09. The van der Waals surface area contributed by atoms with Crippen LogP contribution >= 0.6 is 0 Å². The molecular formula is C11H13NO. The second-order valence-electron chi connectivity index (χ2n) is 3.26. The fourth-order valence-electron chi connectivity index (χ4n) is 1.70. The van der Waals surface area contributed by atoms with Crippen molar-refractivity contribution in [3.63, 3.8) is 0 Å². The van der Waals surface area contributed by atoms with E-state index in [1.54, 1.807) is 7.11 Å². The first kappa shape index (κ1) is 8.30. The maximum atomic E-state index is 5.13. The van der Waals surface area contributed by atoms with Gasteiger partial charge in [-0.2, -0.15) is 0 Å². The number of allylic oxidation sites excluding steroid dienone is 1. The third kappa shape index (κ3) is 1.44. The van der Waals surface area contributed by atoms with Crippen LogP contribution in [0.5, 0.6) is 5.88 Å². The summed E-state index contributed by atoms with van der Waals surface area (Å²) in [7, 11) is 1.66. The molecule has 0 bridgehead atoms. The lowest BCUT2D eigenvalue weighted by molar-refractivity contribution is 0.396. The Balaban J connectivity index is 2.54. The van der Waals surface area contributed by atoms with Crippen LogP contribution in [0.15, 0.2) is 12.1 Å². The van der Waals surface area contributed by atoms with Crippen molar-refractivity contribution in [1.29, 1.82) is 0 Å². The molecule has 2 rings (SSSR count). The maximum absolute atomic E-state index is 5.13. The Morgan fingerprint density at radius 2 is 2.31 bits per heavy atom. The number of ether oxygens (including phenoxy) is 1. The van der Waals surface area contributed by atoms with Crippen molar-refractivity contribution in [3.05, 3.63) is 29.0 Å². The molecular weight excluding hydrogens is 162 g/mol. The molecule has 0 saturated carbocycles. The van der Waals surface area contributed by atoms with E-state index in [0.29, 0.717) is 0 Å². The molecule has 68 valence electrons. The highest BCUT2D eigenvalue weighted by Crippen LogP contribution is 2.24. The SMILES string of the molecule is COc1cc2c(c(C)n1)C=CCC2. The first-order valence-electron chi connectivity index (χ1n) is 4.52. The molecule has 2 nitrogen and oxygen atoms in total. The first-order valence-corrected chi connectivity index (χ1v) is 4.52. The third-order valence-corrected chi connectivity index (χ3v) is 2.39. The van der Waals surface area contributed by atoms with E-state index < -0.39 is 0 Å². The number of hydrogen-bond donors (Lipinski definition) is 0. The predicted octanol–water partition coefficient (Wildman–Crippen LogP) is 2.36. The van der Waals surface area contributed by atoms with Crippen molar-refractivity contribution in [2.45, 2.75) is 19.8 Å². The maximum Gasteiger partial charge on any atom is 0.213 e. The Kier molecular flexibility index (Phi) is 2.05. The fourth-order valence-corrected chi connectivity index (χ4v) is 1.70. The van der Waals surface area contributed by atoms with Gasteiger partial charge >= 0.3 is 0 Å². The predicted molar refractivity (Wildman–Crippen MR) is 52.9 cm³/mol. The van der Waals surface area contributed by atoms with Gasteiger partial charge in [0.15, 0.2) is 0 Å². The Bertz CT molecular complexity index is 355. The van der Waals surface area contributed by atoms with E-state index in [4.69, 9.17) is 4.74 Å². The molecule has 0 amide bonds. The molecule has 2 heteroatoms. The number of pyridine rings is 1. The van der Waals surface area contributed by atoms with Gasteiger partial charge in [-0.05, 0) is 30.9 Å². The Labute approximate surface area is 78.3 Å². The van der Waals surface area contributed by atoms with Crippen LogP contribution in [0.4, 0.5) is 0 Å². The van der Waals surface area contributed by atoms with Gasteiger partial charge in [-0.1, -0.05) is 12.2 Å². The smallest absolute Gasteiger partial charge is 0.213 e. The van der Waals surface area contributed by atoms with Crippen LogP contribution in [-0.2, 0) is 6.42 Å². The Morgan fingerprint density at radius 3 is 3.08 bits per heavy atom. The highest BCUT2D eigenvalue weighted by molar-refractivity contribution is 5.59. The van der Waals surface area contributed by atoms with Gasteiger partial charge in [0, 0.05) is 11.8 Å². The zero-order chi connectivity index (χ0) is 9.26. The van der Waals surface area contributed by atoms with Crippen LogP contribution in [0.1, 0.15) is 23.2 Å². The number of aryl methyl sites for hydroxylation is 2. The molecule has 1 aliphatic rings. The van der Waals surface area contributed by atoms with Crippen LogP contribution in [0.2, 0.25) is 0 Å². The van der Waals surface area contributed by atoms with Gasteiger partial charge < -0.3 is 4.74 Å². The van der Waals surface area contributed by atoms with Gasteiger partial charge in [0.25, 0.3) is 0 Å². The van der Waals surface area contributed by atoms with Crippen LogP contribution in [0.25, 0.3) is 6.08 Å². The van der Waals surface area contributed by atoms with Crippen molar-refractivity contribution >= 4 is 6.08 Å². The zero-order valence-corrected chi connectivity index (χ0v) is 8.00. The lowest BCUT2D eigenvalue weighted by Crippen LogP contribution is -2.01. The average Bonchev–Trinajstić information content (AvgIpc) is 2.18. The molecule has 1 heterocycles. The summed E-state index contributed by atoms with van der Waals surface area (Å²) in [5, 5.41) is 0. The number of aromatic nitrogens is 1. The number of methoxy groups -OCH3 is 1. The lowest BCUT2D eigenvalue weighted by Gasteiger charge is -2.13. The summed E-state index contributed by atoms with van der Waals surface area (Å²) in [6.45, 7) is 2.02. The monoisotopic (exact) mass is 175 g/mol. The molecule has 0 fully saturated rings. The number of rotatable bonds is 1. The molecule has 1 aromatic heterocycles. The molecule has 0 saturated heterocycles. The first-order chi connectivity index (χ1) is 6.31. The summed E-state index contributed by atoms with van der Waals surface area (Å²) in [6.07, 6.45) is 6.58. The summed E-state index contributed by atoms with van der Waals surface area (Å²) in [5.41, 5.74) is 3.68. The van der Waals surface area contributed by atoms with E-state index >= 15 is 0 Å². The minimum atomic E-state index is 0.728. The summed E-state index contributed by atoms with van der Waals surface area (Å²) < 4.78 is 5.13. The quantitative estimate of drug-likeness (QED) is 0.653. The van der Waals surface area contributed by atoms with E-state index in [9.17, 15) is 0 Å². The van der Waals surface area contributed by atoms with E-state index in [-0.39, 0.29) is 0 Å². The topological polar surface area (TPSA) is 22.1 Å². The van der Waals surface area contributed by atoms with Crippen LogP contribution < -0.4 is 4.74 Å². The summed E-state index contributed by atoms with van der Waals surface area (Å²) in [5.74, 6) is 0.728. The average molecular weight is 175 g/mol. The standard InChI is InChI=1S/C11H13NO/c1-8-10-6-4-3-5-9(10)7-11(12-8)13-2/h4,6-7H,3,5H2,1-2H3. The van der Waals surface area contributed by atoms with Crippen LogP contribution in [0.3, 0.4) is 0 Å². The van der Waals surface area contributed by atoms with Gasteiger partial charge in [0.05, 0.1) is 7.11 Å². The minimum absolute atomic E-state index is 0.728. The van der Waals surface area contributed by atoms with Crippen molar-refractivity contribution < 1.29 is 4.74 Å². The minimum Gasteiger partial charge on any atom is -0.481 e. The molecule has 13 heavy (non-hydrogen) atoms. The Morgan fingerprint density at radius 1 is 1.46 bits per heavy atom. The molecule has 1 aliphatic carbocycles. The van der Waals surface area contributed by atoms with Crippen molar-refractivity contribution in [3.8, 4) is 5.88 Å². The summed E-state index contributed by atoms with van der Waals surface area (Å²) in [6, 6.07) is 2.03. The number of fused-ring (bicyclic) bond motifs is 1. The fraction of sp³-hybridized carbons (Fsp3) is 0.364. The highest BCUT2D eigenvalue weighted by atomic mass is 16.5. The normalized spacial score (nSPS) is 14.0. The van der Waals surface area contributed by atoms with Gasteiger partial charge in [0.1, 0.15) is 0 Å². The summed E-state index contributed by atoms with van der Waals surface area (Å²) in [4.78, 5) is 4.33. The molecule has 0 atom stereocenters. The largest absolute Gasteiger partial charge is 0.481 e. The second-order valence-corrected chi connectivity index (χ2v) is 3.26. The van der Waals surface area contributed by atoms with E-state index in [1.807, 2.05) is 13.0 Å². The van der Waals surface area contributed by atoms with Crippen molar-refractivity contribution in [2.24, 2.45) is 0 Å². The molecule has 0 aromatic carbocycles. The van der Waals surface area contributed by atoms with Gasteiger partial charge in [0.2, 0.25) is 5.88 Å². The number of hydrogen-bond acceptors (Lipinski definition) is 2. The van der Waals surface area contributed by atoms with Crippen LogP contribution in [0, 0.1) is 6.92 Å². The van der Waals surface area contributed by atoms with E-state index in [2.05, 4.69) is 17.1 Å². The molecule has 0 N–H and O–H groups in total.